The SMILES string of the molecule is CCCCCCCCCCc1ccc2c3cc(N)cc4cccc(c5cccc1c52)c43. The zero-order chi connectivity index (χ0) is 21.2. The Morgan fingerprint density at radius 1 is 0.581 bits per heavy atom. The Hall–Kier alpha value is -2.80. The summed E-state index contributed by atoms with van der Waals surface area (Å²) in [4.78, 5) is 0. The number of nitrogens with two attached hydrogens (primary N) is 1. The molecule has 31 heavy (non-hydrogen) atoms. The van der Waals surface area contributed by atoms with Gasteiger partial charge >= 0.3 is 0 Å². The second-order valence-corrected chi connectivity index (χ2v) is 9.20. The summed E-state index contributed by atoms with van der Waals surface area (Å²) >= 11 is 0. The molecular formula is C30H33N. The molecule has 0 aromatic heterocycles. The summed E-state index contributed by atoms with van der Waals surface area (Å²) in [5.41, 5.74) is 8.62. The van der Waals surface area contributed by atoms with Crippen LogP contribution >= 0.6 is 0 Å². The lowest BCUT2D eigenvalue weighted by Gasteiger charge is -2.17. The summed E-state index contributed by atoms with van der Waals surface area (Å²) < 4.78 is 0. The molecule has 0 amide bonds. The molecule has 1 nitrogen and oxygen atoms in total. The number of benzene rings is 5. The van der Waals surface area contributed by atoms with Crippen molar-refractivity contribution < 1.29 is 0 Å². The number of hydrogen-bond acceptors (Lipinski definition) is 1. The van der Waals surface area contributed by atoms with Crippen LogP contribution in [0.15, 0.2) is 60.7 Å². The van der Waals surface area contributed by atoms with E-state index in [4.69, 9.17) is 5.73 Å². The number of unbranched alkanes of at least 4 members (excludes halogenated alkanes) is 7. The fourth-order valence-corrected chi connectivity index (χ4v) is 5.47. The van der Waals surface area contributed by atoms with Crippen LogP contribution in [0, 0.1) is 0 Å². The number of rotatable bonds is 9. The molecule has 0 aliphatic heterocycles. The Labute approximate surface area is 185 Å². The van der Waals surface area contributed by atoms with Crippen LogP contribution in [0.1, 0.15) is 63.9 Å². The van der Waals surface area contributed by atoms with Crippen molar-refractivity contribution in [1.82, 2.24) is 0 Å². The minimum atomic E-state index is 0.843. The van der Waals surface area contributed by atoms with E-state index in [0.29, 0.717) is 0 Å². The van der Waals surface area contributed by atoms with Crippen LogP contribution in [0.3, 0.4) is 0 Å². The highest BCUT2D eigenvalue weighted by Gasteiger charge is 2.14. The summed E-state index contributed by atoms with van der Waals surface area (Å²) in [5.74, 6) is 0. The van der Waals surface area contributed by atoms with Crippen molar-refractivity contribution in [3.05, 3.63) is 66.2 Å². The van der Waals surface area contributed by atoms with Crippen molar-refractivity contribution in [3.8, 4) is 0 Å². The zero-order valence-electron chi connectivity index (χ0n) is 18.7. The molecule has 2 N–H and O–H groups in total. The van der Waals surface area contributed by atoms with E-state index in [0.717, 1.165) is 5.69 Å². The van der Waals surface area contributed by atoms with Crippen molar-refractivity contribution in [3.63, 3.8) is 0 Å². The molecular weight excluding hydrogens is 374 g/mol. The Morgan fingerprint density at radius 2 is 1.23 bits per heavy atom. The molecule has 1 heteroatoms. The number of nitrogen functional groups attached to an aromatic ring is 1. The van der Waals surface area contributed by atoms with E-state index in [2.05, 4.69) is 67.6 Å². The highest BCUT2D eigenvalue weighted by molar-refractivity contribution is 6.33. The minimum absolute atomic E-state index is 0.843. The zero-order valence-corrected chi connectivity index (χ0v) is 18.7. The molecule has 0 saturated carbocycles. The first-order valence-electron chi connectivity index (χ1n) is 12.2. The van der Waals surface area contributed by atoms with Crippen molar-refractivity contribution in [2.45, 2.75) is 64.7 Å². The van der Waals surface area contributed by atoms with Gasteiger partial charge in [-0.05, 0) is 73.6 Å². The lowest BCUT2D eigenvalue weighted by Crippen LogP contribution is -1.93. The van der Waals surface area contributed by atoms with Crippen LogP contribution in [0.4, 0.5) is 5.69 Å². The molecule has 0 bridgehead atoms. The Morgan fingerprint density at radius 3 is 2.03 bits per heavy atom. The maximum atomic E-state index is 6.28. The highest BCUT2D eigenvalue weighted by atomic mass is 14.5. The van der Waals surface area contributed by atoms with Gasteiger partial charge in [0.2, 0.25) is 0 Å². The third-order valence-corrected chi connectivity index (χ3v) is 7.01. The van der Waals surface area contributed by atoms with Crippen LogP contribution in [0.5, 0.6) is 0 Å². The molecule has 0 fully saturated rings. The third kappa shape index (κ3) is 3.71. The maximum Gasteiger partial charge on any atom is 0.0326 e. The monoisotopic (exact) mass is 407 g/mol. The van der Waals surface area contributed by atoms with Crippen molar-refractivity contribution in [2.75, 3.05) is 5.73 Å². The van der Waals surface area contributed by atoms with Crippen molar-refractivity contribution in [1.29, 1.82) is 0 Å². The molecule has 0 aliphatic rings. The fraction of sp³-hybridized carbons (Fsp3) is 0.333. The second kappa shape index (κ2) is 8.75. The van der Waals surface area contributed by atoms with Crippen LogP contribution in [-0.4, -0.2) is 0 Å². The number of fused-ring (bicyclic) bond motifs is 2. The van der Waals surface area contributed by atoms with Crippen LogP contribution in [0.2, 0.25) is 0 Å². The molecule has 5 aromatic rings. The maximum absolute atomic E-state index is 6.28. The van der Waals surface area contributed by atoms with E-state index < -0.39 is 0 Å². The number of anilines is 1. The van der Waals surface area contributed by atoms with Gasteiger partial charge in [0.15, 0.2) is 0 Å². The van der Waals surface area contributed by atoms with Gasteiger partial charge in [0.05, 0.1) is 0 Å². The van der Waals surface area contributed by atoms with Gasteiger partial charge in [-0.2, -0.15) is 0 Å². The first-order valence-corrected chi connectivity index (χ1v) is 12.2. The smallest absolute Gasteiger partial charge is 0.0326 e. The van der Waals surface area contributed by atoms with E-state index in [9.17, 15) is 0 Å². The van der Waals surface area contributed by atoms with Crippen molar-refractivity contribution >= 4 is 48.8 Å². The quantitative estimate of drug-likeness (QED) is 0.112. The summed E-state index contributed by atoms with van der Waals surface area (Å²) in [6.45, 7) is 2.29. The molecule has 0 spiro atoms. The first-order chi connectivity index (χ1) is 15.3. The van der Waals surface area contributed by atoms with Crippen molar-refractivity contribution in [2.24, 2.45) is 0 Å². The molecule has 5 aromatic carbocycles. The number of hydrogen-bond donors (Lipinski definition) is 1. The first kappa shape index (κ1) is 20.1. The third-order valence-electron chi connectivity index (χ3n) is 7.01. The Kier molecular flexibility index (Phi) is 5.68. The standard InChI is InChI=1S/C30H33N/c1-2-3-4-5-6-7-8-9-12-21-17-18-27-28-20-23(31)19-22-13-10-15-25(29(22)28)26-16-11-14-24(21)30(26)27/h10-11,13-20H,2-9,12,31H2,1H3. The number of aryl methyl sites for hydroxylation is 1. The van der Waals surface area contributed by atoms with Gasteiger partial charge in [0.25, 0.3) is 0 Å². The van der Waals surface area contributed by atoms with Crippen LogP contribution < -0.4 is 5.73 Å². The van der Waals surface area contributed by atoms with Gasteiger partial charge < -0.3 is 5.73 Å². The van der Waals surface area contributed by atoms with Crippen LogP contribution in [0.25, 0.3) is 43.1 Å². The van der Waals surface area contributed by atoms with E-state index in [-0.39, 0.29) is 0 Å². The molecule has 0 saturated heterocycles. The lowest BCUT2D eigenvalue weighted by atomic mass is 9.87. The predicted molar refractivity (Wildman–Crippen MR) is 138 cm³/mol. The molecule has 0 atom stereocenters. The van der Waals surface area contributed by atoms with Crippen LogP contribution in [-0.2, 0) is 6.42 Å². The van der Waals surface area contributed by atoms with Gasteiger partial charge in [-0.25, -0.2) is 0 Å². The lowest BCUT2D eigenvalue weighted by molar-refractivity contribution is 0.576. The average molecular weight is 408 g/mol. The van der Waals surface area contributed by atoms with E-state index >= 15 is 0 Å². The van der Waals surface area contributed by atoms with E-state index in [1.165, 1.54) is 106 Å². The summed E-state index contributed by atoms with van der Waals surface area (Å²) in [6.07, 6.45) is 12.1. The average Bonchev–Trinajstić information content (AvgIpc) is 2.79. The molecule has 0 heterocycles. The van der Waals surface area contributed by atoms with Gasteiger partial charge in [-0.1, -0.05) is 100 Å². The molecule has 0 unspecified atom stereocenters. The Balaban J connectivity index is 1.49. The van der Waals surface area contributed by atoms with Gasteiger partial charge in [-0.15, -0.1) is 0 Å². The summed E-state index contributed by atoms with van der Waals surface area (Å²) in [7, 11) is 0. The Bertz CT molecular complexity index is 1330. The molecule has 158 valence electrons. The summed E-state index contributed by atoms with van der Waals surface area (Å²) in [5, 5.41) is 10.7. The minimum Gasteiger partial charge on any atom is -0.399 e. The molecule has 5 rings (SSSR count). The largest absolute Gasteiger partial charge is 0.399 e. The van der Waals surface area contributed by atoms with Gasteiger partial charge in [0.1, 0.15) is 0 Å². The summed E-state index contributed by atoms with van der Waals surface area (Å²) in [6, 6.07) is 22.4. The van der Waals surface area contributed by atoms with Gasteiger partial charge in [0, 0.05) is 5.69 Å². The topological polar surface area (TPSA) is 26.0 Å². The molecule has 0 radical (unpaired) electrons. The molecule has 0 aliphatic carbocycles. The normalized spacial score (nSPS) is 12.0. The highest BCUT2D eigenvalue weighted by Crippen LogP contribution is 2.42. The second-order valence-electron chi connectivity index (χ2n) is 9.20. The fourth-order valence-electron chi connectivity index (χ4n) is 5.47. The van der Waals surface area contributed by atoms with Gasteiger partial charge in [-0.3, -0.25) is 0 Å². The van der Waals surface area contributed by atoms with E-state index in [1.807, 2.05) is 0 Å². The van der Waals surface area contributed by atoms with E-state index in [1.54, 1.807) is 0 Å². The predicted octanol–water partition coefficient (Wildman–Crippen LogP) is 9.00.